The second kappa shape index (κ2) is 9.39. The molecule has 134 valence electrons. The van der Waals surface area contributed by atoms with Crippen LogP contribution in [0.15, 0.2) is 18.2 Å². The van der Waals surface area contributed by atoms with Crippen molar-refractivity contribution in [2.45, 2.75) is 46.1 Å². The number of aliphatic hydroxyl groups excluding tert-OH is 1. The third kappa shape index (κ3) is 8.08. The molecular formula is C18H27NO5. The molecule has 0 spiro atoms. The van der Waals surface area contributed by atoms with Gasteiger partial charge in [0, 0.05) is 17.9 Å². The Hall–Kier alpha value is -1.92. The molecule has 1 aromatic rings. The Balaban J connectivity index is 2.76. The quantitative estimate of drug-likeness (QED) is 0.562. The Morgan fingerprint density at radius 1 is 1.17 bits per heavy atom. The van der Waals surface area contributed by atoms with Gasteiger partial charge in [-0.15, -0.1) is 0 Å². The molecular weight excluding hydrogens is 310 g/mol. The van der Waals surface area contributed by atoms with Gasteiger partial charge in [-0.3, -0.25) is 10.1 Å². The molecule has 24 heavy (non-hydrogen) atoms. The van der Waals surface area contributed by atoms with E-state index in [0.29, 0.717) is 30.9 Å². The number of amides is 1. The van der Waals surface area contributed by atoms with Gasteiger partial charge in [-0.05, 0) is 64.3 Å². The summed E-state index contributed by atoms with van der Waals surface area (Å²) in [6.45, 7) is 7.70. The van der Waals surface area contributed by atoms with Crippen molar-refractivity contribution in [3.63, 3.8) is 0 Å². The van der Waals surface area contributed by atoms with Crippen molar-refractivity contribution in [2.24, 2.45) is 0 Å². The van der Waals surface area contributed by atoms with Gasteiger partial charge in [-0.2, -0.15) is 0 Å². The lowest BCUT2D eigenvalue weighted by Gasteiger charge is -2.20. The van der Waals surface area contributed by atoms with Gasteiger partial charge < -0.3 is 14.6 Å². The second-order valence-electron chi connectivity index (χ2n) is 6.54. The van der Waals surface area contributed by atoms with Crippen molar-refractivity contribution in [3.05, 3.63) is 29.3 Å². The molecule has 0 radical (unpaired) electrons. The number of ketones is 1. The number of hydrogen-bond donors (Lipinski definition) is 2. The predicted molar refractivity (Wildman–Crippen MR) is 92.5 cm³/mol. The van der Waals surface area contributed by atoms with Gasteiger partial charge in [-0.1, -0.05) is 0 Å². The van der Waals surface area contributed by atoms with Crippen LogP contribution in [-0.4, -0.2) is 42.4 Å². The summed E-state index contributed by atoms with van der Waals surface area (Å²) in [5.74, 6) is -0.0689. The van der Waals surface area contributed by atoms with Crippen LogP contribution in [0.1, 0.15) is 50.0 Å². The Labute approximate surface area is 143 Å². The zero-order valence-corrected chi connectivity index (χ0v) is 14.8. The van der Waals surface area contributed by atoms with E-state index in [2.05, 4.69) is 5.32 Å². The SMILES string of the molecule is CC(=O)c1cc(CCCOCCO)cc(NC(=O)OC(C)(C)C)c1. The van der Waals surface area contributed by atoms with Crippen molar-refractivity contribution in [1.29, 1.82) is 0 Å². The van der Waals surface area contributed by atoms with Crippen molar-refractivity contribution in [3.8, 4) is 0 Å². The summed E-state index contributed by atoms with van der Waals surface area (Å²) in [6, 6.07) is 5.27. The molecule has 1 aromatic carbocycles. The zero-order valence-electron chi connectivity index (χ0n) is 14.8. The Kier molecular flexibility index (Phi) is 7.88. The number of benzene rings is 1. The number of rotatable bonds is 8. The molecule has 0 bridgehead atoms. The molecule has 0 atom stereocenters. The first kappa shape index (κ1) is 20.1. The molecule has 2 N–H and O–H groups in total. The number of nitrogens with one attached hydrogen (secondary N) is 1. The van der Waals surface area contributed by atoms with Gasteiger partial charge in [0.25, 0.3) is 0 Å². The van der Waals surface area contributed by atoms with E-state index in [1.54, 1.807) is 26.8 Å². The van der Waals surface area contributed by atoms with Crippen LogP contribution in [0.5, 0.6) is 0 Å². The summed E-state index contributed by atoms with van der Waals surface area (Å²) in [6.07, 6.45) is 0.906. The molecule has 6 nitrogen and oxygen atoms in total. The van der Waals surface area contributed by atoms with Crippen LogP contribution in [0.25, 0.3) is 0 Å². The van der Waals surface area contributed by atoms with Gasteiger partial charge in [-0.25, -0.2) is 4.79 Å². The van der Waals surface area contributed by atoms with Crippen LogP contribution in [0.2, 0.25) is 0 Å². The first-order valence-corrected chi connectivity index (χ1v) is 8.05. The highest BCUT2D eigenvalue weighted by Gasteiger charge is 2.16. The maximum atomic E-state index is 11.9. The number of hydrogen-bond acceptors (Lipinski definition) is 5. The summed E-state index contributed by atoms with van der Waals surface area (Å²) >= 11 is 0. The molecule has 0 unspecified atom stereocenters. The minimum atomic E-state index is -0.588. The first-order valence-electron chi connectivity index (χ1n) is 8.05. The lowest BCUT2D eigenvalue weighted by molar-refractivity contribution is 0.0635. The highest BCUT2D eigenvalue weighted by molar-refractivity contribution is 5.96. The van der Waals surface area contributed by atoms with E-state index in [4.69, 9.17) is 14.6 Å². The molecule has 1 amide bonds. The molecule has 0 aliphatic heterocycles. The minimum Gasteiger partial charge on any atom is -0.444 e. The van der Waals surface area contributed by atoms with Crippen molar-refractivity contribution < 1.29 is 24.2 Å². The van der Waals surface area contributed by atoms with Gasteiger partial charge >= 0.3 is 6.09 Å². The molecule has 0 saturated heterocycles. The van der Waals surface area contributed by atoms with Gasteiger partial charge in [0.05, 0.1) is 13.2 Å². The van der Waals surface area contributed by atoms with Gasteiger partial charge in [0.15, 0.2) is 5.78 Å². The Morgan fingerprint density at radius 2 is 1.88 bits per heavy atom. The Morgan fingerprint density at radius 3 is 2.46 bits per heavy atom. The molecule has 0 fully saturated rings. The summed E-state index contributed by atoms with van der Waals surface area (Å²) in [4.78, 5) is 23.6. The number of aryl methyl sites for hydroxylation is 1. The van der Waals surface area contributed by atoms with E-state index >= 15 is 0 Å². The lowest BCUT2D eigenvalue weighted by atomic mass is 10.0. The van der Waals surface area contributed by atoms with Crippen LogP contribution in [0.4, 0.5) is 10.5 Å². The maximum absolute atomic E-state index is 11.9. The topological polar surface area (TPSA) is 84.9 Å². The van der Waals surface area contributed by atoms with Crippen LogP contribution in [-0.2, 0) is 15.9 Å². The van der Waals surface area contributed by atoms with Gasteiger partial charge in [0.2, 0.25) is 0 Å². The molecule has 0 aliphatic carbocycles. The summed E-state index contributed by atoms with van der Waals surface area (Å²) in [5.41, 5.74) is 1.41. The summed E-state index contributed by atoms with van der Waals surface area (Å²) in [5, 5.41) is 11.3. The summed E-state index contributed by atoms with van der Waals surface area (Å²) < 4.78 is 10.5. The molecule has 0 aliphatic rings. The van der Waals surface area contributed by atoms with Crippen molar-refractivity contribution in [1.82, 2.24) is 0 Å². The predicted octanol–water partition coefficient (Wildman–Crippen LogP) is 3.18. The highest BCUT2D eigenvalue weighted by Crippen LogP contribution is 2.18. The minimum absolute atomic E-state index is 0.00375. The second-order valence-corrected chi connectivity index (χ2v) is 6.54. The largest absolute Gasteiger partial charge is 0.444 e. The lowest BCUT2D eigenvalue weighted by Crippen LogP contribution is -2.27. The number of Topliss-reactive ketones (excluding diaryl/α,β-unsaturated/α-hetero) is 1. The monoisotopic (exact) mass is 337 g/mol. The number of anilines is 1. The number of carbonyl (C=O) groups excluding carboxylic acids is 2. The third-order valence-corrected chi connectivity index (χ3v) is 3.03. The van der Waals surface area contributed by atoms with Crippen molar-refractivity contribution >= 4 is 17.6 Å². The van der Waals surface area contributed by atoms with E-state index in [9.17, 15) is 9.59 Å². The van der Waals surface area contributed by atoms with E-state index in [1.165, 1.54) is 6.92 Å². The fourth-order valence-corrected chi connectivity index (χ4v) is 2.08. The molecule has 0 aromatic heterocycles. The maximum Gasteiger partial charge on any atom is 0.412 e. The molecule has 0 saturated carbocycles. The fourth-order valence-electron chi connectivity index (χ4n) is 2.08. The molecule has 6 heteroatoms. The van der Waals surface area contributed by atoms with E-state index in [1.807, 2.05) is 12.1 Å². The number of aliphatic hydroxyl groups is 1. The normalized spacial score (nSPS) is 11.2. The third-order valence-electron chi connectivity index (χ3n) is 3.03. The highest BCUT2D eigenvalue weighted by atomic mass is 16.6. The fraction of sp³-hybridized carbons (Fsp3) is 0.556. The van der Waals surface area contributed by atoms with Crippen LogP contribution in [0, 0.1) is 0 Å². The standard InChI is InChI=1S/C18H27NO5/c1-13(21)15-10-14(6-5-8-23-9-7-20)11-16(12-15)19-17(22)24-18(2,3)4/h10-12,20H,5-9H2,1-4H3,(H,19,22). The van der Waals surface area contributed by atoms with Crippen LogP contribution < -0.4 is 5.32 Å². The summed E-state index contributed by atoms with van der Waals surface area (Å²) in [7, 11) is 0. The number of carbonyl (C=O) groups is 2. The molecule has 1 rings (SSSR count). The zero-order chi connectivity index (χ0) is 18.2. The average molecular weight is 337 g/mol. The number of ether oxygens (including phenoxy) is 2. The van der Waals surface area contributed by atoms with Crippen molar-refractivity contribution in [2.75, 3.05) is 25.1 Å². The van der Waals surface area contributed by atoms with E-state index in [0.717, 1.165) is 12.0 Å². The smallest absolute Gasteiger partial charge is 0.412 e. The average Bonchev–Trinajstić information content (AvgIpc) is 2.44. The Bertz CT molecular complexity index is 563. The van der Waals surface area contributed by atoms with Crippen LogP contribution >= 0.6 is 0 Å². The first-order chi connectivity index (χ1) is 11.2. The van der Waals surface area contributed by atoms with E-state index in [-0.39, 0.29) is 12.4 Å². The van der Waals surface area contributed by atoms with E-state index < -0.39 is 11.7 Å². The van der Waals surface area contributed by atoms with Gasteiger partial charge in [0.1, 0.15) is 5.60 Å². The van der Waals surface area contributed by atoms with Crippen LogP contribution in [0.3, 0.4) is 0 Å². The molecule has 0 heterocycles.